The van der Waals surface area contributed by atoms with Crippen LogP contribution in [0.2, 0.25) is 0 Å². The van der Waals surface area contributed by atoms with Gasteiger partial charge in [-0.1, -0.05) is 49.4 Å². The minimum absolute atomic E-state index is 0.132. The Morgan fingerprint density at radius 1 is 1.05 bits per heavy atom. The molecule has 0 saturated heterocycles. The zero-order valence-corrected chi connectivity index (χ0v) is 12.4. The van der Waals surface area contributed by atoms with Crippen LogP contribution in [-0.2, 0) is 11.3 Å². The molecule has 0 aliphatic carbocycles. The van der Waals surface area contributed by atoms with Crippen molar-refractivity contribution < 1.29 is 4.79 Å². The number of hydrogen-bond donors (Lipinski definition) is 1. The number of rotatable bonds is 2. The number of nitrogens with zero attached hydrogens (tertiary/aromatic N) is 1. The molecule has 0 spiro atoms. The van der Waals surface area contributed by atoms with Crippen molar-refractivity contribution >= 4 is 11.6 Å². The first-order chi connectivity index (χ1) is 10.2. The molecule has 1 heterocycles. The second kappa shape index (κ2) is 5.70. The summed E-state index contributed by atoms with van der Waals surface area (Å²) in [6, 6.07) is 18.0. The Morgan fingerprint density at radius 2 is 1.71 bits per heavy atom. The van der Waals surface area contributed by atoms with Crippen LogP contribution in [0.5, 0.6) is 0 Å². The molecule has 0 saturated carbocycles. The fourth-order valence-electron chi connectivity index (χ4n) is 3.13. The maximum Gasteiger partial charge on any atom is 0.245 e. The molecule has 1 amide bonds. The summed E-state index contributed by atoms with van der Waals surface area (Å²) in [5, 5.41) is 3.19. The van der Waals surface area contributed by atoms with E-state index in [1.165, 1.54) is 11.1 Å². The molecule has 3 nitrogen and oxygen atoms in total. The summed E-state index contributed by atoms with van der Waals surface area (Å²) in [6.45, 7) is 2.74. The molecule has 0 aromatic heterocycles. The van der Waals surface area contributed by atoms with Crippen LogP contribution in [0.25, 0.3) is 0 Å². The Labute approximate surface area is 125 Å². The van der Waals surface area contributed by atoms with Crippen molar-refractivity contribution in [2.45, 2.75) is 25.4 Å². The number of likely N-dealkylation sites (N-methyl/N-ethyl adjacent to an activating group) is 1. The third-order valence-corrected chi connectivity index (χ3v) is 4.29. The Morgan fingerprint density at radius 3 is 2.43 bits per heavy atom. The molecule has 1 N–H and O–H groups in total. The molecule has 2 unspecified atom stereocenters. The molecule has 2 aromatic carbocycles. The lowest BCUT2D eigenvalue weighted by molar-refractivity contribution is -0.120. The molecule has 108 valence electrons. The minimum Gasteiger partial charge on any atom is -0.308 e. The lowest BCUT2D eigenvalue weighted by Gasteiger charge is -2.26. The average Bonchev–Trinajstić information content (AvgIpc) is 2.64. The van der Waals surface area contributed by atoms with E-state index in [0.717, 1.165) is 5.69 Å². The van der Waals surface area contributed by atoms with Crippen molar-refractivity contribution in [3.05, 3.63) is 65.7 Å². The van der Waals surface area contributed by atoms with Crippen molar-refractivity contribution in [3.8, 4) is 0 Å². The first-order valence-corrected chi connectivity index (χ1v) is 7.34. The van der Waals surface area contributed by atoms with Gasteiger partial charge in [0.15, 0.2) is 0 Å². The highest BCUT2D eigenvalue weighted by Crippen LogP contribution is 2.31. The van der Waals surface area contributed by atoms with Gasteiger partial charge in [-0.2, -0.15) is 0 Å². The fourth-order valence-corrected chi connectivity index (χ4v) is 3.13. The van der Waals surface area contributed by atoms with E-state index in [1.807, 2.05) is 54.4 Å². The third kappa shape index (κ3) is 2.45. The summed E-state index contributed by atoms with van der Waals surface area (Å²) < 4.78 is 0. The van der Waals surface area contributed by atoms with Gasteiger partial charge in [0.1, 0.15) is 0 Å². The van der Waals surface area contributed by atoms with Gasteiger partial charge in [-0.25, -0.2) is 0 Å². The van der Waals surface area contributed by atoms with Crippen LogP contribution in [-0.4, -0.2) is 19.0 Å². The molecule has 0 fully saturated rings. The van der Waals surface area contributed by atoms with Gasteiger partial charge in [0, 0.05) is 11.6 Å². The number of carbonyl (C=O) groups is 1. The summed E-state index contributed by atoms with van der Waals surface area (Å²) in [5.41, 5.74) is 3.43. The van der Waals surface area contributed by atoms with Crippen LogP contribution >= 0.6 is 0 Å². The maximum absolute atomic E-state index is 12.9. The van der Waals surface area contributed by atoms with Crippen LogP contribution in [0.15, 0.2) is 54.6 Å². The average molecular weight is 280 g/mol. The Hall–Kier alpha value is -2.13. The number of hydrogen-bond acceptors (Lipinski definition) is 2. The molecule has 2 aromatic rings. The number of amides is 1. The maximum atomic E-state index is 12.9. The first-order valence-electron chi connectivity index (χ1n) is 7.34. The van der Waals surface area contributed by atoms with Gasteiger partial charge < -0.3 is 10.2 Å². The number of fused-ring (bicyclic) bond motifs is 1. The SMILES string of the molecule is CNC1C(=O)N(c2ccccc2)Cc2ccccc2C1C. The molecule has 21 heavy (non-hydrogen) atoms. The topological polar surface area (TPSA) is 32.3 Å². The highest BCUT2D eigenvalue weighted by atomic mass is 16.2. The van der Waals surface area contributed by atoms with Gasteiger partial charge in [0.2, 0.25) is 5.91 Å². The summed E-state index contributed by atoms with van der Waals surface area (Å²) >= 11 is 0. The van der Waals surface area contributed by atoms with Gasteiger partial charge >= 0.3 is 0 Å². The Balaban J connectivity index is 2.09. The van der Waals surface area contributed by atoms with Gasteiger partial charge in [-0.3, -0.25) is 4.79 Å². The minimum atomic E-state index is -0.200. The molecule has 3 heteroatoms. The third-order valence-electron chi connectivity index (χ3n) is 4.29. The summed E-state index contributed by atoms with van der Waals surface area (Å²) in [6.07, 6.45) is 0. The van der Waals surface area contributed by atoms with E-state index >= 15 is 0 Å². The lowest BCUT2D eigenvalue weighted by atomic mass is 9.91. The van der Waals surface area contributed by atoms with Crippen LogP contribution in [0.4, 0.5) is 5.69 Å². The predicted octanol–water partition coefficient (Wildman–Crippen LogP) is 2.92. The van der Waals surface area contributed by atoms with Crippen molar-refractivity contribution in [3.63, 3.8) is 0 Å². The number of para-hydroxylation sites is 1. The van der Waals surface area contributed by atoms with Crippen LogP contribution in [0.1, 0.15) is 24.0 Å². The van der Waals surface area contributed by atoms with Crippen LogP contribution < -0.4 is 10.2 Å². The molecular formula is C18H20N2O. The Kier molecular flexibility index (Phi) is 3.76. The van der Waals surface area contributed by atoms with Gasteiger partial charge in [-0.15, -0.1) is 0 Å². The van der Waals surface area contributed by atoms with Crippen molar-refractivity contribution in [2.24, 2.45) is 0 Å². The number of carbonyl (C=O) groups excluding carboxylic acids is 1. The number of anilines is 1. The van der Waals surface area contributed by atoms with Gasteiger partial charge in [-0.05, 0) is 30.3 Å². The number of nitrogens with one attached hydrogen (secondary N) is 1. The zero-order valence-electron chi connectivity index (χ0n) is 12.4. The summed E-state index contributed by atoms with van der Waals surface area (Å²) in [5.74, 6) is 0.291. The number of benzene rings is 2. The standard InChI is InChI=1S/C18H20N2O/c1-13-16-11-7-6-8-14(16)12-20(18(21)17(13)19-2)15-9-4-3-5-10-15/h3-11,13,17,19H,12H2,1-2H3. The van der Waals surface area contributed by atoms with Crippen molar-refractivity contribution in [1.82, 2.24) is 5.32 Å². The lowest BCUT2D eigenvalue weighted by Crippen LogP contribution is -2.46. The van der Waals surface area contributed by atoms with Gasteiger partial charge in [0.05, 0.1) is 12.6 Å². The second-order valence-electron chi connectivity index (χ2n) is 5.51. The monoisotopic (exact) mass is 280 g/mol. The molecule has 1 aliphatic rings. The fraction of sp³-hybridized carbons (Fsp3) is 0.278. The van der Waals surface area contributed by atoms with E-state index in [2.05, 4.69) is 24.4 Å². The van der Waals surface area contributed by atoms with E-state index in [9.17, 15) is 4.79 Å². The van der Waals surface area contributed by atoms with Crippen molar-refractivity contribution in [2.75, 3.05) is 11.9 Å². The molecule has 1 aliphatic heterocycles. The normalized spacial score (nSPS) is 21.8. The smallest absolute Gasteiger partial charge is 0.245 e. The predicted molar refractivity (Wildman–Crippen MR) is 85.3 cm³/mol. The van der Waals surface area contributed by atoms with E-state index < -0.39 is 0 Å². The first kappa shape index (κ1) is 13.8. The zero-order chi connectivity index (χ0) is 14.8. The molecular weight excluding hydrogens is 260 g/mol. The second-order valence-corrected chi connectivity index (χ2v) is 5.51. The van der Waals surface area contributed by atoms with E-state index in [1.54, 1.807) is 0 Å². The Bertz CT molecular complexity index is 639. The highest BCUT2D eigenvalue weighted by molar-refractivity contribution is 5.98. The van der Waals surface area contributed by atoms with Gasteiger partial charge in [0.25, 0.3) is 0 Å². The molecule has 2 atom stereocenters. The van der Waals surface area contributed by atoms with E-state index in [-0.39, 0.29) is 17.9 Å². The quantitative estimate of drug-likeness (QED) is 0.917. The molecule has 0 bridgehead atoms. The van der Waals surface area contributed by atoms with Crippen LogP contribution in [0, 0.1) is 0 Å². The van der Waals surface area contributed by atoms with E-state index in [4.69, 9.17) is 0 Å². The molecule has 3 rings (SSSR count). The van der Waals surface area contributed by atoms with Crippen molar-refractivity contribution in [1.29, 1.82) is 0 Å². The van der Waals surface area contributed by atoms with Crippen LogP contribution in [0.3, 0.4) is 0 Å². The largest absolute Gasteiger partial charge is 0.308 e. The van der Waals surface area contributed by atoms with E-state index in [0.29, 0.717) is 6.54 Å². The summed E-state index contributed by atoms with van der Waals surface area (Å²) in [7, 11) is 1.86. The highest BCUT2D eigenvalue weighted by Gasteiger charge is 2.34. The summed E-state index contributed by atoms with van der Waals surface area (Å²) in [4.78, 5) is 14.8. The molecule has 0 radical (unpaired) electrons.